The van der Waals surface area contributed by atoms with Crippen LogP contribution in [0, 0.1) is 0 Å². The SMILES string of the molecule is OCc1cccc(CNC2CCNC2)c1. The van der Waals surface area contributed by atoms with Crippen LogP contribution in [-0.2, 0) is 13.2 Å². The fourth-order valence-electron chi connectivity index (χ4n) is 1.93. The van der Waals surface area contributed by atoms with Crippen LogP contribution < -0.4 is 10.6 Å². The van der Waals surface area contributed by atoms with Crippen molar-refractivity contribution in [3.05, 3.63) is 35.4 Å². The Morgan fingerprint density at radius 3 is 3.00 bits per heavy atom. The van der Waals surface area contributed by atoms with Gasteiger partial charge in [0.05, 0.1) is 6.61 Å². The van der Waals surface area contributed by atoms with Crippen molar-refractivity contribution in [2.75, 3.05) is 13.1 Å². The minimum atomic E-state index is 0.124. The van der Waals surface area contributed by atoms with Gasteiger partial charge in [-0.05, 0) is 24.1 Å². The first-order valence-electron chi connectivity index (χ1n) is 5.51. The topological polar surface area (TPSA) is 44.3 Å². The normalized spacial score (nSPS) is 20.7. The van der Waals surface area contributed by atoms with E-state index in [9.17, 15) is 0 Å². The number of hydrogen-bond donors (Lipinski definition) is 3. The summed E-state index contributed by atoms with van der Waals surface area (Å²) in [5.74, 6) is 0. The lowest BCUT2D eigenvalue weighted by molar-refractivity contribution is 0.281. The largest absolute Gasteiger partial charge is 0.392 e. The lowest BCUT2D eigenvalue weighted by Crippen LogP contribution is -2.30. The summed E-state index contributed by atoms with van der Waals surface area (Å²) in [5.41, 5.74) is 2.23. The third-order valence-electron chi connectivity index (χ3n) is 2.83. The summed E-state index contributed by atoms with van der Waals surface area (Å²) in [6.07, 6.45) is 1.21. The molecule has 3 heteroatoms. The summed E-state index contributed by atoms with van der Waals surface area (Å²) in [4.78, 5) is 0. The number of hydrogen-bond acceptors (Lipinski definition) is 3. The Balaban J connectivity index is 1.86. The van der Waals surface area contributed by atoms with Crippen molar-refractivity contribution >= 4 is 0 Å². The molecule has 1 aliphatic heterocycles. The second-order valence-electron chi connectivity index (χ2n) is 4.05. The van der Waals surface area contributed by atoms with E-state index in [2.05, 4.69) is 22.8 Å². The molecule has 1 aromatic carbocycles. The molecular weight excluding hydrogens is 188 g/mol. The maximum atomic E-state index is 9.01. The summed E-state index contributed by atoms with van der Waals surface area (Å²) < 4.78 is 0. The van der Waals surface area contributed by atoms with Crippen molar-refractivity contribution in [1.82, 2.24) is 10.6 Å². The zero-order valence-corrected chi connectivity index (χ0v) is 8.87. The zero-order chi connectivity index (χ0) is 10.5. The highest BCUT2D eigenvalue weighted by Gasteiger charge is 2.12. The molecule has 0 aromatic heterocycles. The molecule has 1 unspecified atom stereocenters. The summed E-state index contributed by atoms with van der Waals surface area (Å²) in [7, 11) is 0. The van der Waals surface area contributed by atoms with Gasteiger partial charge < -0.3 is 15.7 Å². The zero-order valence-electron chi connectivity index (χ0n) is 8.87. The van der Waals surface area contributed by atoms with Gasteiger partial charge in [-0.25, -0.2) is 0 Å². The van der Waals surface area contributed by atoms with Crippen LogP contribution in [0.3, 0.4) is 0 Å². The van der Waals surface area contributed by atoms with Crippen LogP contribution in [0.4, 0.5) is 0 Å². The van der Waals surface area contributed by atoms with Gasteiger partial charge >= 0.3 is 0 Å². The van der Waals surface area contributed by atoms with E-state index in [1.807, 2.05) is 12.1 Å². The van der Waals surface area contributed by atoms with Gasteiger partial charge in [0.2, 0.25) is 0 Å². The van der Waals surface area contributed by atoms with Crippen LogP contribution in [0.1, 0.15) is 17.5 Å². The number of aliphatic hydroxyl groups excluding tert-OH is 1. The van der Waals surface area contributed by atoms with Crippen molar-refractivity contribution in [2.45, 2.75) is 25.6 Å². The van der Waals surface area contributed by atoms with Crippen LogP contribution in [0.2, 0.25) is 0 Å². The van der Waals surface area contributed by atoms with E-state index < -0.39 is 0 Å². The molecule has 0 spiro atoms. The monoisotopic (exact) mass is 206 g/mol. The molecule has 3 N–H and O–H groups in total. The van der Waals surface area contributed by atoms with E-state index in [-0.39, 0.29) is 6.61 Å². The smallest absolute Gasteiger partial charge is 0.0681 e. The van der Waals surface area contributed by atoms with Gasteiger partial charge in [-0.15, -0.1) is 0 Å². The third kappa shape index (κ3) is 3.02. The molecule has 1 fully saturated rings. The van der Waals surface area contributed by atoms with Crippen molar-refractivity contribution in [3.63, 3.8) is 0 Å². The number of nitrogens with one attached hydrogen (secondary N) is 2. The maximum absolute atomic E-state index is 9.01. The van der Waals surface area contributed by atoms with Crippen molar-refractivity contribution < 1.29 is 5.11 Å². The lowest BCUT2D eigenvalue weighted by Gasteiger charge is -2.11. The Bertz CT molecular complexity index is 308. The number of rotatable bonds is 4. The standard InChI is InChI=1S/C12H18N2O/c15-9-11-3-1-2-10(6-11)7-14-12-4-5-13-8-12/h1-3,6,12-15H,4-5,7-9H2. The van der Waals surface area contributed by atoms with Crippen LogP contribution in [0.25, 0.3) is 0 Å². The van der Waals surface area contributed by atoms with Gasteiger partial charge in [0.1, 0.15) is 0 Å². The van der Waals surface area contributed by atoms with Crippen molar-refractivity contribution in [2.24, 2.45) is 0 Å². The minimum absolute atomic E-state index is 0.124. The Hall–Kier alpha value is -0.900. The summed E-state index contributed by atoms with van der Waals surface area (Å²) >= 11 is 0. The lowest BCUT2D eigenvalue weighted by atomic mass is 10.1. The van der Waals surface area contributed by atoms with Crippen LogP contribution >= 0.6 is 0 Å². The number of aliphatic hydroxyl groups is 1. The van der Waals surface area contributed by atoms with E-state index in [4.69, 9.17) is 5.11 Å². The van der Waals surface area contributed by atoms with Crippen LogP contribution in [0.15, 0.2) is 24.3 Å². The summed E-state index contributed by atoms with van der Waals surface area (Å²) in [6, 6.07) is 8.68. The molecule has 0 aliphatic carbocycles. The van der Waals surface area contributed by atoms with Crippen molar-refractivity contribution in [1.29, 1.82) is 0 Å². The first-order valence-corrected chi connectivity index (χ1v) is 5.51. The highest BCUT2D eigenvalue weighted by molar-refractivity contribution is 5.22. The molecule has 3 nitrogen and oxygen atoms in total. The second kappa shape index (κ2) is 5.26. The minimum Gasteiger partial charge on any atom is -0.392 e. The molecule has 0 radical (unpaired) electrons. The van der Waals surface area contributed by atoms with Gasteiger partial charge in [0, 0.05) is 19.1 Å². The molecular formula is C12H18N2O. The molecule has 1 aliphatic rings. The Morgan fingerprint density at radius 2 is 2.27 bits per heavy atom. The Labute approximate surface area is 90.5 Å². The first-order chi connectivity index (χ1) is 7.38. The van der Waals surface area contributed by atoms with E-state index in [0.717, 1.165) is 25.2 Å². The highest BCUT2D eigenvalue weighted by atomic mass is 16.3. The molecule has 1 aromatic rings. The van der Waals surface area contributed by atoms with Crippen LogP contribution in [-0.4, -0.2) is 24.2 Å². The van der Waals surface area contributed by atoms with Crippen LogP contribution in [0.5, 0.6) is 0 Å². The Morgan fingerprint density at radius 1 is 1.40 bits per heavy atom. The van der Waals surface area contributed by atoms with E-state index in [1.54, 1.807) is 0 Å². The quantitative estimate of drug-likeness (QED) is 0.677. The van der Waals surface area contributed by atoms with E-state index >= 15 is 0 Å². The average Bonchev–Trinajstić information content (AvgIpc) is 2.79. The fraction of sp³-hybridized carbons (Fsp3) is 0.500. The summed E-state index contributed by atoms with van der Waals surface area (Å²) in [6.45, 7) is 3.20. The average molecular weight is 206 g/mol. The molecule has 82 valence electrons. The van der Waals surface area contributed by atoms with Gasteiger partial charge in [-0.2, -0.15) is 0 Å². The molecule has 0 saturated carbocycles. The van der Waals surface area contributed by atoms with E-state index in [0.29, 0.717) is 6.04 Å². The predicted octanol–water partition coefficient (Wildman–Crippen LogP) is 0.630. The molecule has 0 bridgehead atoms. The molecule has 15 heavy (non-hydrogen) atoms. The van der Waals surface area contributed by atoms with Gasteiger partial charge in [0.25, 0.3) is 0 Å². The van der Waals surface area contributed by atoms with Gasteiger partial charge in [-0.3, -0.25) is 0 Å². The first kappa shape index (κ1) is 10.6. The molecule has 2 rings (SSSR count). The molecule has 1 atom stereocenters. The van der Waals surface area contributed by atoms with Crippen molar-refractivity contribution in [3.8, 4) is 0 Å². The second-order valence-corrected chi connectivity index (χ2v) is 4.05. The summed E-state index contributed by atoms with van der Waals surface area (Å²) in [5, 5.41) is 15.8. The highest BCUT2D eigenvalue weighted by Crippen LogP contribution is 2.06. The molecule has 1 saturated heterocycles. The third-order valence-corrected chi connectivity index (χ3v) is 2.83. The molecule has 1 heterocycles. The molecule has 0 amide bonds. The Kier molecular flexibility index (Phi) is 3.72. The fourth-order valence-corrected chi connectivity index (χ4v) is 1.93. The maximum Gasteiger partial charge on any atom is 0.0681 e. The van der Waals surface area contributed by atoms with Gasteiger partial charge in [-0.1, -0.05) is 24.3 Å². The predicted molar refractivity (Wildman–Crippen MR) is 60.5 cm³/mol. The van der Waals surface area contributed by atoms with Gasteiger partial charge in [0.15, 0.2) is 0 Å². The van der Waals surface area contributed by atoms with E-state index in [1.165, 1.54) is 12.0 Å². The number of benzene rings is 1.